The summed E-state index contributed by atoms with van der Waals surface area (Å²) < 4.78 is 1.11. The molecule has 1 amide bonds. The smallest absolute Gasteiger partial charge is 0.253 e. The van der Waals surface area contributed by atoms with Gasteiger partial charge in [0, 0.05) is 41.4 Å². The maximum Gasteiger partial charge on any atom is 0.253 e. The molecule has 0 bridgehead atoms. The van der Waals surface area contributed by atoms with E-state index in [0.717, 1.165) is 35.3 Å². The first-order chi connectivity index (χ1) is 9.11. The van der Waals surface area contributed by atoms with Gasteiger partial charge in [-0.2, -0.15) is 0 Å². The van der Waals surface area contributed by atoms with E-state index in [1.165, 1.54) is 6.42 Å². The molecule has 19 heavy (non-hydrogen) atoms. The molecule has 1 heterocycles. The topological polar surface area (TPSA) is 23.6 Å². The van der Waals surface area contributed by atoms with Gasteiger partial charge in [0.2, 0.25) is 0 Å². The molecule has 3 nitrogen and oxygen atoms in total. The van der Waals surface area contributed by atoms with E-state index >= 15 is 0 Å². The first kappa shape index (κ1) is 14.8. The number of benzene rings is 1. The van der Waals surface area contributed by atoms with Crippen LogP contribution in [0, 0.1) is 3.57 Å². The number of carbonyl (C=O) groups is 1. The van der Waals surface area contributed by atoms with Crippen molar-refractivity contribution in [1.82, 2.24) is 9.80 Å². The van der Waals surface area contributed by atoms with Gasteiger partial charge in [-0.3, -0.25) is 9.69 Å². The minimum atomic E-state index is 0.169. The predicted octanol–water partition coefficient (Wildman–Crippen LogP) is 2.85. The van der Waals surface area contributed by atoms with Crippen molar-refractivity contribution in [3.8, 4) is 0 Å². The van der Waals surface area contributed by atoms with Crippen LogP contribution in [0.25, 0.3) is 0 Å². The Morgan fingerprint density at radius 3 is 2.58 bits per heavy atom. The van der Waals surface area contributed by atoms with Crippen LogP contribution in [0.4, 0.5) is 0 Å². The van der Waals surface area contributed by atoms with Gasteiger partial charge in [-0.05, 0) is 54.1 Å². The first-order valence-electron chi connectivity index (χ1n) is 6.90. The van der Waals surface area contributed by atoms with Gasteiger partial charge in [0.05, 0.1) is 0 Å². The monoisotopic (exact) mass is 372 g/mol. The van der Waals surface area contributed by atoms with Gasteiger partial charge in [0.15, 0.2) is 0 Å². The van der Waals surface area contributed by atoms with E-state index in [1.54, 1.807) is 0 Å². The van der Waals surface area contributed by atoms with Crippen molar-refractivity contribution in [3.05, 3.63) is 33.4 Å². The van der Waals surface area contributed by atoms with Crippen molar-refractivity contribution in [2.75, 3.05) is 26.2 Å². The van der Waals surface area contributed by atoms with Gasteiger partial charge in [-0.1, -0.05) is 13.0 Å². The summed E-state index contributed by atoms with van der Waals surface area (Å²) >= 11 is 2.25. The second kappa shape index (κ2) is 6.70. The molecule has 1 aromatic rings. The normalized spacial score (nSPS) is 18.4. The van der Waals surface area contributed by atoms with E-state index in [0.29, 0.717) is 6.04 Å². The molecule has 1 fully saturated rings. The lowest BCUT2D eigenvalue weighted by Crippen LogP contribution is -2.51. The lowest BCUT2D eigenvalue weighted by molar-refractivity contribution is 0.0579. The van der Waals surface area contributed by atoms with Crippen LogP contribution >= 0.6 is 22.6 Å². The van der Waals surface area contributed by atoms with Gasteiger partial charge >= 0.3 is 0 Å². The largest absolute Gasteiger partial charge is 0.336 e. The fraction of sp³-hybridized carbons (Fsp3) is 0.533. The molecule has 0 N–H and O–H groups in total. The summed E-state index contributed by atoms with van der Waals surface area (Å²) in [5.41, 5.74) is 0.809. The second-order valence-electron chi connectivity index (χ2n) is 5.10. The van der Waals surface area contributed by atoms with Crippen LogP contribution in [-0.2, 0) is 0 Å². The lowest BCUT2D eigenvalue weighted by atomic mass is 10.1. The first-order valence-corrected chi connectivity index (χ1v) is 7.98. The molecule has 1 aliphatic rings. The Kier molecular flexibility index (Phi) is 5.21. The minimum absolute atomic E-state index is 0.169. The quantitative estimate of drug-likeness (QED) is 0.762. The number of rotatable bonds is 3. The standard InChI is InChI=1S/C15H21IN2O/c1-3-12(2)17-7-9-18(10-8-17)15(19)13-5-4-6-14(16)11-13/h4-6,11-12H,3,7-10H2,1-2H3. The summed E-state index contributed by atoms with van der Waals surface area (Å²) in [6.07, 6.45) is 1.17. The summed E-state index contributed by atoms with van der Waals surface area (Å²) in [4.78, 5) is 16.8. The zero-order valence-electron chi connectivity index (χ0n) is 11.6. The molecule has 104 valence electrons. The van der Waals surface area contributed by atoms with E-state index in [2.05, 4.69) is 41.3 Å². The molecule has 0 spiro atoms. The van der Waals surface area contributed by atoms with Crippen LogP contribution in [0.5, 0.6) is 0 Å². The van der Waals surface area contributed by atoms with Crippen LogP contribution in [0.3, 0.4) is 0 Å². The number of amides is 1. The molecule has 1 aromatic carbocycles. The molecule has 2 rings (SSSR count). The number of halogens is 1. The van der Waals surface area contributed by atoms with Crippen molar-refractivity contribution < 1.29 is 4.79 Å². The summed E-state index contributed by atoms with van der Waals surface area (Å²) in [7, 11) is 0. The molecule has 0 aromatic heterocycles. The molecule has 0 aliphatic carbocycles. The number of carbonyl (C=O) groups excluding carboxylic acids is 1. The van der Waals surface area contributed by atoms with E-state index in [-0.39, 0.29) is 5.91 Å². The number of piperazine rings is 1. The Morgan fingerprint density at radius 2 is 2.00 bits per heavy atom. The van der Waals surface area contributed by atoms with Crippen LogP contribution in [0.2, 0.25) is 0 Å². The molecular weight excluding hydrogens is 351 g/mol. The van der Waals surface area contributed by atoms with Crippen molar-refractivity contribution >= 4 is 28.5 Å². The lowest BCUT2D eigenvalue weighted by Gasteiger charge is -2.37. The second-order valence-corrected chi connectivity index (χ2v) is 6.34. The third-order valence-corrected chi connectivity index (χ3v) is 4.56. The van der Waals surface area contributed by atoms with Crippen LogP contribution in [-0.4, -0.2) is 47.9 Å². The third-order valence-electron chi connectivity index (χ3n) is 3.89. The highest BCUT2D eigenvalue weighted by Gasteiger charge is 2.23. The van der Waals surface area contributed by atoms with Gasteiger partial charge < -0.3 is 4.90 Å². The SMILES string of the molecule is CCC(C)N1CCN(C(=O)c2cccc(I)c2)CC1. The molecule has 0 radical (unpaired) electrons. The molecule has 1 atom stereocenters. The Morgan fingerprint density at radius 1 is 1.32 bits per heavy atom. The highest BCUT2D eigenvalue weighted by atomic mass is 127. The maximum absolute atomic E-state index is 12.4. The maximum atomic E-state index is 12.4. The number of nitrogens with zero attached hydrogens (tertiary/aromatic N) is 2. The summed E-state index contributed by atoms with van der Waals surface area (Å²) in [5, 5.41) is 0. The average Bonchev–Trinajstić information content (AvgIpc) is 2.46. The highest BCUT2D eigenvalue weighted by Crippen LogP contribution is 2.14. The van der Waals surface area contributed by atoms with Gasteiger partial charge in [0.25, 0.3) is 5.91 Å². The molecule has 1 unspecified atom stereocenters. The van der Waals surface area contributed by atoms with E-state index < -0.39 is 0 Å². The van der Waals surface area contributed by atoms with Gasteiger partial charge in [0.1, 0.15) is 0 Å². The van der Waals surface area contributed by atoms with Crippen LogP contribution in [0.1, 0.15) is 30.6 Å². The fourth-order valence-corrected chi connectivity index (χ4v) is 2.97. The third kappa shape index (κ3) is 3.69. The molecule has 4 heteroatoms. The Hall–Kier alpha value is -0.620. The van der Waals surface area contributed by atoms with E-state index in [1.807, 2.05) is 29.2 Å². The van der Waals surface area contributed by atoms with E-state index in [4.69, 9.17) is 0 Å². The van der Waals surface area contributed by atoms with Crippen molar-refractivity contribution in [1.29, 1.82) is 0 Å². The molecule has 1 saturated heterocycles. The number of hydrogen-bond acceptors (Lipinski definition) is 2. The molecular formula is C15H21IN2O. The fourth-order valence-electron chi connectivity index (χ4n) is 2.43. The number of hydrogen-bond donors (Lipinski definition) is 0. The van der Waals surface area contributed by atoms with Crippen molar-refractivity contribution in [2.24, 2.45) is 0 Å². The van der Waals surface area contributed by atoms with E-state index in [9.17, 15) is 4.79 Å². The van der Waals surface area contributed by atoms with Crippen molar-refractivity contribution in [3.63, 3.8) is 0 Å². The average molecular weight is 372 g/mol. The minimum Gasteiger partial charge on any atom is -0.336 e. The summed E-state index contributed by atoms with van der Waals surface area (Å²) in [6.45, 7) is 8.14. The molecule has 1 aliphatic heterocycles. The predicted molar refractivity (Wildman–Crippen MR) is 86.4 cm³/mol. The Labute approximate surface area is 129 Å². The van der Waals surface area contributed by atoms with Gasteiger partial charge in [-0.15, -0.1) is 0 Å². The summed E-state index contributed by atoms with van der Waals surface area (Å²) in [6, 6.07) is 8.45. The Balaban J connectivity index is 1.96. The van der Waals surface area contributed by atoms with Crippen LogP contribution in [0.15, 0.2) is 24.3 Å². The zero-order valence-corrected chi connectivity index (χ0v) is 13.8. The zero-order chi connectivity index (χ0) is 13.8. The van der Waals surface area contributed by atoms with Crippen LogP contribution < -0.4 is 0 Å². The van der Waals surface area contributed by atoms with Gasteiger partial charge in [-0.25, -0.2) is 0 Å². The van der Waals surface area contributed by atoms with Crippen molar-refractivity contribution in [2.45, 2.75) is 26.3 Å². The summed E-state index contributed by atoms with van der Waals surface area (Å²) in [5.74, 6) is 0.169. The Bertz CT molecular complexity index is 442. The molecule has 0 saturated carbocycles. The highest BCUT2D eigenvalue weighted by molar-refractivity contribution is 14.1.